The fourth-order valence-electron chi connectivity index (χ4n) is 6.34. The molecule has 2 amide bonds. The zero-order valence-electron chi connectivity index (χ0n) is 23.0. The summed E-state index contributed by atoms with van der Waals surface area (Å²) in [5.74, 6) is -1.14. The molecule has 3 aliphatic rings. The molecule has 5 rings (SSSR count). The number of carbonyl (C=O) groups excluding carboxylic acids is 2. The second-order valence-corrected chi connectivity index (χ2v) is 11.3. The summed E-state index contributed by atoms with van der Waals surface area (Å²) in [6.45, 7) is 4.01. The Bertz CT molecular complexity index is 1240. The Morgan fingerprint density at radius 2 is 1.45 bits per heavy atom. The van der Waals surface area contributed by atoms with Gasteiger partial charge in [-0.2, -0.15) is 26.3 Å². The SMILES string of the molecule is O=C1OC2(CCN(C(=O)c3cc(C(F)(F)F)cc(C(F)(F)F)c3)CC2)[C@@H](c2ccccc2)CN1CCCN1CCCC1. The van der Waals surface area contributed by atoms with Crippen LogP contribution in [0, 0.1) is 0 Å². The van der Waals surface area contributed by atoms with Crippen LogP contribution in [0.4, 0.5) is 31.1 Å². The molecule has 0 radical (unpaired) electrons. The molecule has 3 heterocycles. The highest BCUT2D eigenvalue weighted by molar-refractivity contribution is 5.94. The summed E-state index contributed by atoms with van der Waals surface area (Å²) in [7, 11) is 0. The number of nitrogens with zero attached hydrogens (tertiary/aromatic N) is 3. The van der Waals surface area contributed by atoms with Crippen molar-refractivity contribution in [1.29, 1.82) is 0 Å². The minimum atomic E-state index is -5.05. The molecule has 3 fully saturated rings. The molecule has 3 aliphatic heterocycles. The van der Waals surface area contributed by atoms with Crippen LogP contribution in [0.3, 0.4) is 0 Å². The van der Waals surface area contributed by atoms with Gasteiger partial charge in [-0.15, -0.1) is 0 Å². The third-order valence-electron chi connectivity index (χ3n) is 8.62. The fourth-order valence-corrected chi connectivity index (χ4v) is 6.34. The number of rotatable bonds is 6. The van der Waals surface area contributed by atoms with Crippen molar-refractivity contribution in [3.63, 3.8) is 0 Å². The zero-order chi connectivity index (χ0) is 30.1. The number of benzene rings is 2. The van der Waals surface area contributed by atoms with Crippen LogP contribution in [0.15, 0.2) is 48.5 Å². The Morgan fingerprint density at radius 3 is 2.02 bits per heavy atom. The quantitative estimate of drug-likeness (QED) is 0.361. The van der Waals surface area contributed by atoms with Gasteiger partial charge < -0.3 is 19.4 Å². The largest absolute Gasteiger partial charge is 0.442 e. The van der Waals surface area contributed by atoms with Crippen molar-refractivity contribution in [2.24, 2.45) is 0 Å². The number of ether oxygens (including phenoxy) is 1. The molecule has 0 aromatic heterocycles. The third kappa shape index (κ3) is 6.53. The van der Waals surface area contributed by atoms with E-state index < -0.39 is 46.6 Å². The highest BCUT2D eigenvalue weighted by Gasteiger charge is 2.51. The van der Waals surface area contributed by atoms with E-state index in [1.54, 1.807) is 4.90 Å². The van der Waals surface area contributed by atoms with Crippen LogP contribution in [0.25, 0.3) is 0 Å². The molecule has 0 saturated carbocycles. The van der Waals surface area contributed by atoms with Crippen molar-refractivity contribution in [3.8, 4) is 0 Å². The van der Waals surface area contributed by atoms with Gasteiger partial charge in [-0.3, -0.25) is 4.79 Å². The lowest BCUT2D eigenvalue weighted by Crippen LogP contribution is -2.59. The normalized spacial score (nSPS) is 21.6. The number of likely N-dealkylation sites (tertiary alicyclic amines) is 2. The summed E-state index contributed by atoms with van der Waals surface area (Å²) in [6.07, 6.45) is -6.97. The molecular formula is C30H33F6N3O3. The van der Waals surface area contributed by atoms with E-state index in [1.807, 2.05) is 30.3 Å². The number of amides is 2. The molecule has 42 heavy (non-hydrogen) atoms. The average molecular weight is 598 g/mol. The molecule has 2 aromatic carbocycles. The average Bonchev–Trinajstić information content (AvgIpc) is 3.47. The maximum Gasteiger partial charge on any atom is 0.416 e. The number of hydrogen-bond acceptors (Lipinski definition) is 4. The lowest BCUT2D eigenvalue weighted by molar-refractivity contribution is -0.143. The van der Waals surface area contributed by atoms with Gasteiger partial charge in [-0.05, 0) is 62.7 Å². The standard InChI is InChI=1S/C30H33F6N3O3/c31-29(32,33)23-17-22(18-24(19-23)30(34,35)36)26(40)38-15-9-28(10-16-38)25(21-7-2-1-3-8-21)20-39(27(41)42-28)14-6-13-37-11-4-5-12-37/h1-3,7-8,17-19,25H,4-6,9-16,20H2/t25-/m1/s1. The van der Waals surface area contributed by atoms with Gasteiger partial charge in [0.15, 0.2) is 0 Å². The van der Waals surface area contributed by atoms with Crippen molar-refractivity contribution < 1.29 is 40.7 Å². The van der Waals surface area contributed by atoms with Crippen LogP contribution in [0.5, 0.6) is 0 Å². The molecule has 1 atom stereocenters. The van der Waals surface area contributed by atoms with Crippen molar-refractivity contribution in [2.45, 2.75) is 56.0 Å². The minimum absolute atomic E-state index is 0.00477. The molecule has 3 saturated heterocycles. The highest BCUT2D eigenvalue weighted by Crippen LogP contribution is 2.44. The summed E-state index contributed by atoms with van der Waals surface area (Å²) in [5.41, 5.74) is -3.75. The molecule has 228 valence electrons. The number of piperidine rings is 1. The summed E-state index contributed by atoms with van der Waals surface area (Å²) in [4.78, 5) is 31.7. The molecule has 0 bridgehead atoms. The first-order valence-corrected chi connectivity index (χ1v) is 14.2. The van der Waals surface area contributed by atoms with E-state index in [4.69, 9.17) is 4.74 Å². The van der Waals surface area contributed by atoms with E-state index in [-0.39, 0.29) is 37.9 Å². The monoisotopic (exact) mass is 597 g/mol. The van der Waals surface area contributed by atoms with Crippen LogP contribution in [-0.4, -0.2) is 78.1 Å². The molecular weight excluding hydrogens is 564 g/mol. The second kappa shape index (κ2) is 11.8. The third-order valence-corrected chi connectivity index (χ3v) is 8.62. The molecule has 0 N–H and O–H groups in total. The molecule has 6 nitrogen and oxygen atoms in total. The predicted octanol–water partition coefficient (Wildman–Crippen LogP) is 6.42. The Balaban J connectivity index is 1.32. The van der Waals surface area contributed by atoms with Crippen LogP contribution < -0.4 is 0 Å². The molecule has 1 spiro atoms. The second-order valence-electron chi connectivity index (χ2n) is 11.3. The Kier molecular flexibility index (Phi) is 8.46. The summed E-state index contributed by atoms with van der Waals surface area (Å²) < 4.78 is 86.3. The Morgan fingerprint density at radius 1 is 0.857 bits per heavy atom. The molecule has 0 aliphatic carbocycles. The van der Waals surface area contributed by atoms with Crippen molar-refractivity contribution in [3.05, 3.63) is 70.8 Å². The van der Waals surface area contributed by atoms with Gasteiger partial charge in [0.25, 0.3) is 5.91 Å². The van der Waals surface area contributed by atoms with Crippen LogP contribution in [0.1, 0.15) is 65.1 Å². The van der Waals surface area contributed by atoms with E-state index in [0.717, 1.165) is 31.6 Å². The van der Waals surface area contributed by atoms with Gasteiger partial charge in [0, 0.05) is 50.5 Å². The number of alkyl halides is 6. The smallest absolute Gasteiger partial charge is 0.416 e. The molecule has 12 heteroatoms. The van der Waals surface area contributed by atoms with E-state index >= 15 is 0 Å². The van der Waals surface area contributed by atoms with Gasteiger partial charge in [0.1, 0.15) is 5.60 Å². The van der Waals surface area contributed by atoms with E-state index in [1.165, 1.54) is 17.7 Å². The van der Waals surface area contributed by atoms with Gasteiger partial charge in [0.2, 0.25) is 0 Å². The predicted molar refractivity (Wildman–Crippen MR) is 142 cm³/mol. The van der Waals surface area contributed by atoms with Crippen LogP contribution in [-0.2, 0) is 17.1 Å². The van der Waals surface area contributed by atoms with Gasteiger partial charge >= 0.3 is 18.4 Å². The van der Waals surface area contributed by atoms with Crippen LogP contribution in [0.2, 0.25) is 0 Å². The number of hydrogen-bond donors (Lipinski definition) is 0. The van der Waals surface area contributed by atoms with Crippen LogP contribution >= 0.6 is 0 Å². The summed E-state index contributed by atoms with van der Waals surface area (Å²) in [6, 6.07) is 10.5. The van der Waals surface area contributed by atoms with Crippen molar-refractivity contribution >= 4 is 12.0 Å². The molecule has 2 aromatic rings. The summed E-state index contributed by atoms with van der Waals surface area (Å²) in [5, 5.41) is 0. The Labute approximate surface area is 240 Å². The fraction of sp³-hybridized carbons (Fsp3) is 0.533. The Hall–Kier alpha value is -3.28. The first-order chi connectivity index (χ1) is 19.9. The maximum atomic E-state index is 13.4. The first-order valence-electron chi connectivity index (χ1n) is 14.2. The van der Waals surface area contributed by atoms with Gasteiger partial charge in [0.05, 0.1) is 11.1 Å². The number of carbonyl (C=O) groups is 2. The lowest BCUT2D eigenvalue weighted by Gasteiger charge is -2.50. The maximum absolute atomic E-state index is 13.4. The van der Waals surface area contributed by atoms with E-state index in [2.05, 4.69) is 4.90 Å². The van der Waals surface area contributed by atoms with E-state index in [0.29, 0.717) is 25.2 Å². The summed E-state index contributed by atoms with van der Waals surface area (Å²) >= 11 is 0. The molecule has 0 unspecified atom stereocenters. The topological polar surface area (TPSA) is 53.1 Å². The van der Waals surface area contributed by atoms with Gasteiger partial charge in [-0.1, -0.05) is 30.3 Å². The van der Waals surface area contributed by atoms with Crippen molar-refractivity contribution in [2.75, 3.05) is 45.8 Å². The zero-order valence-corrected chi connectivity index (χ0v) is 23.0. The van der Waals surface area contributed by atoms with Crippen molar-refractivity contribution in [1.82, 2.24) is 14.7 Å². The van der Waals surface area contributed by atoms with Gasteiger partial charge in [-0.25, -0.2) is 4.79 Å². The lowest BCUT2D eigenvalue weighted by atomic mass is 9.74. The number of halogens is 6. The van der Waals surface area contributed by atoms with E-state index in [9.17, 15) is 35.9 Å². The highest BCUT2D eigenvalue weighted by atomic mass is 19.4. The minimum Gasteiger partial charge on any atom is -0.442 e. The first kappa shape index (κ1) is 30.2.